The average Bonchev–Trinajstić information content (AvgIpc) is 3.73. The van der Waals surface area contributed by atoms with Crippen molar-refractivity contribution >= 4 is 51.8 Å². The Balaban J connectivity index is 0.808. The lowest BCUT2D eigenvalue weighted by molar-refractivity contribution is -0.134. The van der Waals surface area contributed by atoms with E-state index in [9.17, 15) is 19.2 Å². The van der Waals surface area contributed by atoms with Gasteiger partial charge >= 0.3 is 0 Å². The van der Waals surface area contributed by atoms with Crippen molar-refractivity contribution in [1.29, 1.82) is 0 Å². The number of aryl methyl sites for hydroxylation is 1. The highest BCUT2D eigenvalue weighted by atomic mass is 16.2. The zero-order valence-electron chi connectivity index (χ0n) is 31.9. The van der Waals surface area contributed by atoms with Crippen LogP contribution in [0.25, 0.3) is 11.0 Å². The molecule has 1 unspecified atom stereocenters. The third-order valence-electron chi connectivity index (χ3n) is 12.3. The molecule has 3 aliphatic heterocycles. The van der Waals surface area contributed by atoms with Crippen LogP contribution in [0.3, 0.4) is 0 Å². The maximum absolute atomic E-state index is 13.6. The van der Waals surface area contributed by atoms with Gasteiger partial charge in [0.2, 0.25) is 17.8 Å². The van der Waals surface area contributed by atoms with Crippen LogP contribution in [0.4, 0.5) is 23.1 Å². The fraction of sp³-hybridized carbons (Fsp3) is 0.500. The van der Waals surface area contributed by atoms with E-state index in [0.29, 0.717) is 35.8 Å². The first kappa shape index (κ1) is 36.8. The minimum Gasteiger partial charge on any atom is -0.372 e. The lowest BCUT2D eigenvalue weighted by Gasteiger charge is -2.38. The Morgan fingerprint density at radius 1 is 0.836 bits per heavy atom. The van der Waals surface area contributed by atoms with E-state index >= 15 is 0 Å². The molecule has 1 atom stereocenters. The van der Waals surface area contributed by atoms with Crippen molar-refractivity contribution in [2.45, 2.75) is 83.6 Å². The van der Waals surface area contributed by atoms with Crippen LogP contribution in [0.2, 0.25) is 0 Å². The second-order valence-electron chi connectivity index (χ2n) is 15.8. The topological polar surface area (TPSA) is 146 Å². The molecule has 8 rings (SSSR count). The molecule has 4 fully saturated rings. The van der Waals surface area contributed by atoms with E-state index in [2.05, 4.69) is 53.5 Å². The number of pyridine rings is 2. The molecule has 0 spiro atoms. The number of piperazine rings is 1. The van der Waals surface area contributed by atoms with Gasteiger partial charge < -0.3 is 15.1 Å². The molecule has 1 saturated carbocycles. The molecule has 13 nitrogen and oxygen atoms in total. The van der Waals surface area contributed by atoms with Crippen LogP contribution in [0.15, 0.2) is 53.6 Å². The van der Waals surface area contributed by atoms with Gasteiger partial charge in [-0.2, -0.15) is 4.98 Å². The lowest BCUT2D eigenvalue weighted by Crippen LogP contribution is -2.47. The molecule has 0 radical (unpaired) electrons. The summed E-state index contributed by atoms with van der Waals surface area (Å²) in [6.45, 7) is 10.4. The van der Waals surface area contributed by atoms with Gasteiger partial charge in [0.25, 0.3) is 5.56 Å². The molecule has 0 bridgehead atoms. The number of amides is 2. The summed E-state index contributed by atoms with van der Waals surface area (Å²) < 4.78 is 1.73. The Labute approximate surface area is 321 Å². The van der Waals surface area contributed by atoms with Gasteiger partial charge in [-0.05, 0) is 100 Å². The fourth-order valence-corrected chi connectivity index (χ4v) is 9.07. The summed E-state index contributed by atoms with van der Waals surface area (Å²) in [5.74, 6) is 0.896. The first-order valence-corrected chi connectivity index (χ1v) is 20.0. The standard InChI is InChI=1S/C42H51N9O4/c1-27-35-26-44-42(47-39(35)51(32-5-3-4-6-32)41(55)38(27)28(2)52)45-36-13-11-33(25-43-36)50-23-21-48(22-24-50)18-15-29-16-19-49(20-17-29)31-9-7-30(8-10-31)34-12-14-37(53)46-40(34)54/h7-11,13,25-26,29,32,34H,3-6,12,14-24H2,1-2H3,(H,46,53,54)(H,43,44,45,47). The predicted octanol–water partition coefficient (Wildman–Crippen LogP) is 5.51. The number of piperidine rings is 2. The fourth-order valence-electron chi connectivity index (χ4n) is 9.07. The summed E-state index contributed by atoms with van der Waals surface area (Å²) in [6.07, 6.45) is 12.1. The summed E-state index contributed by atoms with van der Waals surface area (Å²) in [5.41, 5.74) is 4.44. The summed E-state index contributed by atoms with van der Waals surface area (Å²) in [5, 5.41) is 6.43. The molecule has 4 aromatic rings. The van der Waals surface area contributed by atoms with Crippen LogP contribution in [-0.2, 0) is 9.59 Å². The third kappa shape index (κ3) is 7.85. The predicted molar refractivity (Wildman–Crippen MR) is 213 cm³/mol. The van der Waals surface area contributed by atoms with Crippen LogP contribution in [0.5, 0.6) is 0 Å². The van der Waals surface area contributed by atoms with E-state index in [1.165, 1.54) is 31.9 Å². The van der Waals surface area contributed by atoms with Crippen LogP contribution >= 0.6 is 0 Å². The highest BCUT2D eigenvalue weighted by Gasteiger charge is 2.29. The molecular formula is C42H51N9O4. The Morgan fingerprint density at radius 2 is 1.55 bits per heavy atom. The van der Waals surface area contributed by atoms with Gasteiger partial charge in [-0.3, -0.25) is 34.0 Å². The molecule has 2 N–H and O–H groups in total. The Kier molecular flexibility index (Phi) is 10.6. The molecule has 3 aromatic heterocycles. The highest BCUT2D eigenvalue weighted by molar-refractivity contribution is 6.01. The average molecular weight is 746 g/mol. The number of carbonyl (C=O) groups is 3. The van der Waals surface area contributed by atoms with Crippen molar-refractivity contribution in [3.05, 3.63) is 75.8 Å². The number of fused-ring (bicyclic) bond motifs is 1. The summed E-state index contributed by atoms with van der Waals surface area (Å²) in [4.78, 5) is 71.3. The maximum atomic E-state index is 13.6. The minimum absolute atomic E-state index is 0.0270. The van der Waals surface area contributed by atoms with Crippen LogP contribution < -0.4 is 26.0 Å². The number of Topliss-reactive ketones (excluding diaryl/α,β-unsaturated/α-hetero) is 1. The van der Waals surface area contributed by atoms with Gasteiger partial charge in [0.1, 0.15) is 11.5 Å². The number of nitrogens with one attached hydrogen (secondary N) is 2. The molecule has 3 saturated heterocycles. The van der Waals surface area contributed by atoms with Crippen LogP contribution in [0.1, 0.15) is 98.2 Å². The van der Waals surface area contributed by atoms with E-state index in [-0.39, 0.29) is 40.7 Å². The van der Waals surface area contributed by atoms with E-state index in [1.807, 2.05) is 24.4 Å². The minimum atomic E-state index is -0.258. The maximum Gasteiger partial charge on any atom is 0.263 e. The number of hydrogen-bond donors (Lipinski definition) is 2. The van der Waals surface area contributed by atoms with Crippen molar-refractivity contribution in [1.82, 2.24) is 29.7 Å². The van der Waals surface area contributed by atoms with Gasteiger partial charge in [-0.15, -0.1) is 0 Å². The van der Waals surface area contributed by atoms with Crippen molar-refractivity contribution in [3.8, 4) is 0 Å². The molecule has 1 aromatic carbocycles. The Morgan fingerprint density at radius 3 is 2.22 bits per heavy atom. The SMILES string of the molecule is CC(=O)c1c(C)c2cnc(Nc3ccc(N4CCN(CCC5CCN(c6ccc(C7CCC(=O)NC7=O)cc6)CC5)CC4)cn3)nc2n(C2CCCC2)c1=O. The number of aromatic nitrogens is 4. The Hall–Kier alpha value is -5.17. The number of anilines is 4. The first-order chi connectivity index (χ1) is 26.7. The van der Waals surface area contributed by atoms with Crippen LogP contribution in [-0.4, -0.2) is 87.8 Å². The first-order valence-electron chi connectivity index (χ1n) is 20.0. The number of benzene rings is 1. The van der Waals surface area contributed by atoms with Gasteiger partial charge in [0.05, 0.1) is 23.4 Å². The number of nitrogens with zero attached hydrogens (tertiary/aromatic N) is 7. The number of hydrogen-bond acceptors (Lipinski definition) is 11. The summed E-state index contributed by atoms with van der Waals surface area (Å²) >= 11 is 0. The quantitative estimate of drug-likeness (QED) is 0.157. The molecule has 6 heterocycles. The van der Waals surface area contributed by atoms with E-state index in [1.54, 1.807) is 17.7 Å². The van der Waals surface area contributed by atoms with E-state index in [0.717, 1.165) is 94.1 Å². The van der Waals surface area contributed by atoms with Crippen molar-refractivity contribution in [3.63, 3.8) is 0 Å². The third-order valence-corrected chi connectivity index (χ3v) is 12.3. The molecule has 55 heavy (non-hydrogen) atoms. The summed E-state index contributed by atoms with van der Waals surface area (Å²) in [7, 11) is 0. The molecule has 2 amide bonds. The van der Waals surface area contributed by atoms with Gasteiger partial charge in [0.15, 0.2) is 5.78 Å². The zero-order chi connectivity index (χ0) is 38.1. The number of imide groups is 1. The largest absolute Gasteiger partial charge is 0.372 e. The van der Waals surface area contributed by atoms with Crippen molar-refractivity contribution in [2.24, 2.45) is 5.92 Å². The second kappa shape index (κ2) is 15.9. The smallest absolute Gasteiger partial charge is 0.263 e. The molecule has 1 aliphatic carbocycles. The monoisotopic (exact) mass is 745 g/mol. The normalized spacial score (nSPS) is 20.3. The van der Waals surface area contributed by atoms with E-state index < -0.39 is 0 Å². The molecule has 288 valence electrons. The van der Waals surface area contributed by atoms with Gasteiger partial charge in [0, 0.05) is 69.0 Å². The second-order valence-corrected chi connectivity index (χ2v) is 15.8. The Bertz CT molecular complexity index is 2110. The lowest BCUT2D eigenvalue weighted by atomic mass is 9.90. The zero-order valence-corrected chi connectivity index (χ0v) is 31.9. The number of carbonyl (C=O) groups excluding carboxylic acids is 3. The number of ketones is 1. The van der Waals surface area contributed by atoms with Gasteiger partial charge in [-0.25, -0.2) is 9.97 Å². The van der Waals surface area contributed by atoms with Gasteiger partial charge in [-0.1, -0.05) is 25.0 Å². The van der Waals surface area contributed by atoms with Crippen molar-refractivity contribution in [2.75, 3.05) is 60.9 Å². The number of rotatable bonds is 10. The summed E-state index contributed by atoms with van der Waals surface area (Å²) in [6, 6.07) is 12.4. The van der Waals surface area contributed by atoms with Crippen LogP contribution in [0, 0.1) is 12.8 Å². The van der Waals surface area contributed by atoms with Crippen molar-refractivity contribution < 1.29 is 14.4 Å². The molecule has 13 heteroatoms. The molecular weight excluding hydrogens is 695 g/mol. The van der Waals surface area contributed by atoms with E-state index in [4.69, 9.17) is 4.98 Å². The highest BCUT2D eigenvalue weighted by Crippen LogP contribution is 2.33. The molecule has 4 aliphatic rings.